The Hall–Kier alpha value is -1.19. The number of pyridine rings is 2. The molecule has 0 amide bonds. The lowest BCUT2D eigenvalue weighted by atomic mass is 9.88. The average Bonchev–Trinajstić information content (AvgIpc) is 2.77. The Bertz CT molecular complexity index is 1160. The van der Waals surface area contributed by atoms with Crippen LogP contribution in [0.2, 0.25) is 0 Å². The van der Waals surface area contributed by atoms with Crippen molar-refractivity contribution >= 4 is 66.0 Å². The number of fused-ring (bicyclic) bond motifs is 3. The third-order valence-electron chi connectivity index (χ3n) is 6.84. The van der Waals surface area contributed by atoms with Gasteiger partial charge in [-0.1, -0.05) is 35.2 Å². The van der Waals surface area contributed by atoms with Gasteiger partial charge in [0.25, 0.3) is 5.56 Å². The number of hydrogen-bond acceptors (Lipinski definition) is 4. The summed E-state index contributed by atoms with van der Waals surface area (Å²) in [6.45, 7) is 3.52. The number of aromatic amines is 1. The summed E-state index contributed by atoms with van der Waals surface area (Å²) in [7, 11) is 0. The van der Waals surface area contributed by atoms with Crippen LogP contribution in [0.1, 0.15) is 44.9 Å². The predicted octanol–water partition coefficient (Wildman–Crippen LogP) is 5.90. The molecule has 1 atom stereocenters. The zero-order valence-corrected chi connectivity index (χ0v) is 21.3. The molecule has 5 rings (SSSR count). The Kier molecular flexibility index (Phi) is 6.53. The van der Waals surface area contributed by atoms with Crippen LogP contribution >= 0.6 is 38.5 Å². The van der Waals surface area contributed by atoms with Crippen LogP contribution in [0.25, 0.3) is 21.7 Å². The van der Waals surface area contributed by atoms with Gasteiger partial charge in [0.05, 0.1) is 14.5 Å². The van der Waals surface area contributed by atoms with Crippen LogP contribution in [0, 0.1) is 9.49 Å². The second kappa shape index (κ2) is 9.35. The minimum absolute atomic E-state index is 0.0890. The van der Waals surface area contributed by atoms with Gasteiger partial charge in [0, 0.05) is 40.6 Å². The van der Waals surface area contributed by atoms with Gasteiger partial charge in [0.2, 0.25) is 0 Å². The SMILES string of the molecule is O=c1[nH]cc(I)c2nc(N[C@H]3CCCN(CC4CCCCC4)C3)c3ccc(Br)cc3c12. The topological polar surface area (TPSA) is 61.0 Å². The molecule has 1 saturated heterocycles. The van der Waals surface area contributed by atoms with E-state index >= 15 is 0 Å². The second-order valence-electron chi connectivity index (χ2n) is 9.09. The normalized spacial score (nSPS) is 21.0. The molecule has 2 N–H and O–H groups in total. The Balaban J connectivity index is 1.45. The fraction of sp³-hybridized carbons (Fsp3) is 0.500. The Labute approximate surface area is 204 Å². The van der Waals surface area contributed by atoms with Gasteiger partial charge >= 0.3 is 0 Å². The molecule has 164 valence electrons. The van der Waals surface area contributed by atoms with E-state index in [1.165, 1.54) is 51.6 Å². The third kappa shape index (κ3) is 4.64. The van der Waals surface area contributed by atoms with Crippen molar-refractivity contribution in [3.8, 4) is 0 Å². The molecular weight excluding hydrogens is 567 g/mol. The summed E-state index contributed by atoms with van der Waals surface area (Å²) < 4.78 is 1.92. The summed E-state index contributed by atoms with van der Waals surface area (Å²) in [5.41, 5.74) is 0.682. The summed E-state index contributed by atoms with van der Waals surface area (Å²) in [6.07, 6.45) is 11.1. The van der Waals surface area contributed by atoms with Gasteiger partial charge in [0.1, 0.15) is 5.82 Å². The van der Waals surface area contributed by atoms with E-state index in [0.717, 1.165) is 49.0 Å². The first-order valence-electron chi connectivity index (χ1n) is 11.4. The summed E-state index contributed by atoms with van der Waals surface area (Å²) in [6, 6.07) is 6.51. The number of aromatic nitrogens is 2. The van der Waals surface area contributed by atoms with Gasteiger partial charge in [-0.15, -0.1) is 0 Å². The highest BCUT2D eigenvalue weighted by molar-refractivity contribution is 14.1. The van der Waals surface area contributed by atoms with Crippen molar-refractivity contribution in [2.45, 2.75) is 51.0 Å². The molecule has 2 aromatic heterocycles. The molecule has 1 aliphatic heterocycles. The minimum atomic E-state index is -0.0890. The Morgan fingerprint density at radius 3 is 2.84 bits per heavy atom. The molecule has 7 heteroatoms. The summed E-state index contributed by atoms with van der Waals surface area (Å²) in [4.78, 5) is 23.1. The molecule has 0 spiro atoms. The number of nitrogens with one attached hydrogen (secondary N) is 2. The fourth-order valence-corrected chi connectivity index (χ4v) is 6.24. The highest BCUT2D eigenvalue weighted by Crippen LogP contribution is 2.32. The molecule has 1 aliphatic carbocycles. The molecule has 1 saturated carbocycles. The van der Waals surface area contributed by atoms with Gasteiger partial charge in [-0.3, -0.25) is 4.79 Å². The first kappa shape index (κ1) is 21.6. The van der Waals surface area contributed by atoms with Crippen LogP contribution in [-0.4, -0.2) is 40.5 Å². The number of anilines is 1. The largest absolute Gasteiger partial charge is 0.366 e. The molecule has 3 aromatic rings. The lowest BCUT2D eigenvalue weighted by Crippen LogP contribution is -2.44. The van der Waals surface area contributed by atoms with E-state index in [-0.39, 0.29) is 5.56 Å². The van der Waals surface area contributed by atoms with E-state index < -0.39 is 0 Å². The van der Waals surface area contributed by atoms with Crippen molar-refractivity contribution in [3.05, 3.63) is 42.8 Å². The smallest absolute Gasteiger partial charge is 0.258 e. The zero-order valence-electron chi connectivity index (χ0n) is 17.6. The molecule has 1 aromatic carbocycles. The van der Waals surface area contributed by atoms with Gasteiger partial charge in [-0.25, -0.2) is 4.98 Å². The number of H-pyrrole nitrogens is 1. The lowest BCUT2D eigenvalue weighted by Gasteiger charge is -2.36. The van der Waals surface area contributed by atoms with Gasteiger partial charge in [-0.2, -0.15) is 0 Å². The third-order valence-corrected chi connectivity index (χ3v) is 8.15. The maximum Gasteiger partial charge on any atom is 0.258 e. The molecule has 2 aliphatic rings. The van der Waals surface area contributed by atoms with Crippen molar-refractivity contribution in [3.63, 3.8) is 0 Å². The van der Waals surface area contributed by atoms with Crippen molar-refractivity contribution < 1.29 is 0 Å². The molecule has 0 unspecified atom stereocenters. The molecule has 5 nitrogen and oxygen atoms in total. The summed E-state index contributed by atoms with van der Waals surface area (Å²) in [5.74, 6) is 1.76. The number of rotatable bonds is 4. The van der Waals surface area contributed by atoms with Crippen LogP contribution in [0.4, 0.5) is 5.82 Å². The van der Waals surface area contributed by atoms with E-state index in [1.807, 2.05) is 12.1 Å². The fourth-order valence-electron chi connectivity index (χ4n) is 5.33. The monoisotopic (exact) mass is 594 g/mol. The molecular formula is C24H28BrIN4O. The van der Waals surface area contributed by atoms with Gasteiger partial charge < -0.3 is 15.2 Å². The van der Waals surface area contributed by atoms with Crippen LogP contribution in [0.3, 0.4) is 0 Å². The summed E-state index contributed by atoms with van der Waals surface area (Å²) >= 11 is 5.83. The van der Waals surface area contributed by atoms with Crippen molar-refractivity contribution in [1.29, 1.82) is 0 Å². The number of benzene rings is 1. The summed E-state index contributed by atoms with van der Waals surface area (Å²) in [5, 5.41) is 6.38. The molecule has 0 radical (unpaired) electrons. The zero-order chi connectivity index (χ0) is 21.4. The first-order valence-corrected chi connectivity index (χ1v) is 13.2. The number of likely N-dealkylation sites (tertiary alicyclic amines) is 1. The lowest BCUT2D eigenvalue weighted by molar-refractivity contribution is 0.166. The maximum absolute atomic E-state index is 12.6. The number of halogens is 2. The highest BCUT2D eigenvalue weighted by atomic mass is 127. The highest BCUT2D eigenvalue weighted by Gasteiger charge is 2.24. The standard InChI is InChI=1S/C24H28BrIN4O/c25-16-8-9-18-19(11-16)21-22(20(26)12-27-24(21)31)29-23(18)28-17-7-4-10-30(14-17)13-15-5-2-1-3-6-15/h8-9,11-12,15,17H,1-7,10,13-14H2,(H,27,31)(H,28,29)/t17-/m0/s1. The number of piperidine rings is 1. The van der Waals surface area contributed by atoms with E-state index in [0.29, 0.717) is 11.4 Å². The predicted molar refractivity (Wildman–Crippen MR) is 140 cm³/mol. The van der Waals surface area contributed by atoms with Crippen molar-refractivity contribution in [1.82, 2.24) is 14.9 Å². The second-order valence-corrected chi connectivity index (χ2v) is 11.2. The van der Waals surface area contributed by atoms with Crippen molar-refractivity contribution in [2.24, 2.45) is 5.92 Å². The van der Waals surface area contributed by atoms with Crippen LogP contribution in [-0.2, 0) is 0 Å². The average molecular weight is 595 g/mol. The first-order chi connectivity index (χ1) is 15.1. The molecule has 3 heterocycles. The van der Waals surface area contributed by atoms with Crippen molar-refractivity contribution in [2.75, 3.05) is 25.0 Å². The van der Waals surface area contributed by atoms with Gasteiger partial charge in [-0.05, 0) is 78.9 Å². The van der Waals surface area contributed by atoms with Crippen LogP contribution in [0.15, 0.2) is 33.7 Å². The van der Waals surface area contributed by atoms with Gasteiger partial charge in [0.15, 0.2) is 0 Å². The van der Waals surface area contributed by atoms with E-state index in [1.54, 1.807) is 6.20 Å². The number of nitrogens with zero attached hydrogens (tertiary/aromatic N) is 2. The Morgan fingerprint density at radius 1 is 1.16 bits per heavy atom. The van der Waals surface area contributed by atoms with Crippen LogP contribution < -0.4 is 10.9 Å². The number of hydrogen-bond donors (Lipinski definition) is 2. The Morgan fingerprint density at radius 2 is 2.00 bits per heavy atom. The molecule has 31 heavy (non-hydrogen) atoms. The van der Waals surface area contributed by atoms with E-state index in [2.05, 4.69) is 59.8 Å². The molecule has 2 fully saturated rings. The molecule has 0 bridgehead atoms. The van der Waals surface area contributed by atoms with E-state index in [9.17, 15) is 4.79 Å². The maximum atomic E-state index is 12.6. The van der Waals surface area contributed by atoms with E-state index in [4.69, 9.17) is 4.98 Å². The minimum Gasteiger partial charge on any atom is -0.366 e. The van der Waals surface area contributed by atoms with Crippen LogP contribution in [0.5, 0.6) is 0 Å². The quantitative estimate of drug-likeness (QED) is 0.292.